The Balaban J connectivity index is 0.00000157. The molecule has 0 bridgehead atoms. The molecule has 0 unspecified atom stereocenters. The van der Waals surface area contributed by atoms with E-state index in [-0.39, 0.29) is 24.4 Å². The smallest absolute Gasteiger partial charge is 0.414 e. The normalized spacial score (nSPS) is 13.2. The first kappa shape index (κ1) is 39.1. The van der Waals surface area contributed by atoms with Crippen LogP contribution >= 0.6 is 0 Å². The molecule has 6 N–H and O–H groups in total. The summed E-state index contributed by atoms with van der Waals surface area (Å²) in [5, 5.41) is 11.1. The van der Waals surface area contributed by atoms with E-state index < -0.39 is 18.1 Å². The van der Waals surface area contributed by atoms with Gasteiger partial charge in [0.05, 0.1) is 6.61 Å². The van der Waals surface area contributed by atoms with E-state index >= 15 is 0 Å². The Kier molecular flexibility index (Phi) is 25.2. The minimum atomic E-state index is -1.13. The molecular formula is C31H59N5O6. The van der Waals surface area contributed by atoms with E-state index in [0.717, 1.165) is 17.7 Å². The van der Waals surface area contributed by atoms with Crippen molar-refractivity contribution >= 4 is 29.8 Å². The van der Waals surface area contributed by atoms with Crippen LogP contribution in [0.25, 0.3) is 0 Å². The number of likely N-dealkylation sites (tertiary alicyclic amines) is 1. The molecule has 1 aliphatic heterocycles. The highest BCUT2D eigenvalue weighted by molar-refractivity contribution is 5.92. The first-order valence-electron chi connectivity index (χ1n) is 16.3. The highest BCUT2D eigenvalue weighted by Crippen LogP contribution is 2.14. The highest BCUT2D eigenvalue weighted by Gasteiger charge is 2.25. The number of aliphatic imine (C=N–C) groups is 1. The number of unbranched alkanes of at least 4 members (excludes halogenated alkanes) is 14. The van der Waals surface area contributed by atoms with Crippen molar-refractivity contribution in [2.75, 3.05) is 19.7 Å². The second-order valence-corrected chi connectivity index (χ2v) is 11.0. The predicted molar refractivity (Wildman–Crippen MR) is 167 cm³/mol. The van der Waals surface area contributed by atoms with Gasteiger partial charge < -0.3 is 26.6 Å². The van der Waals surface area contributed by atoms with Crippen LogP contribution in [0.3, 0.4) is 0 Å². The summed E-state index contributed by atoms with van der Waals surface area (Å²) < 4.78 is 5.08. The minimum Gasteiger partial charge on any atom is -0.465 e. The Morgan fingerprint density at radius 1 is 0.881 bits per heavy atom. The van der Waals surface area contributed by atoms with E-state index in [1.165, 1.54) is 83.5 Å². The molecule has 0 saturated carbocycles. The Bertz CT molecular complexity index is 773. The molecular weight excluding hydrogens is 538 g/mol. The predicted octanol–water partition coefficient (Wildman–Crippen LogP) is 5.64. The number of amides is 3. The molecule has 1 aliphatic rings. The Morgan fingerprint density at radius 3 is 1.81 bits per heavy atom. The number of hydrogen-bond acceptors (Lipinski definition) is 6. The molecule has 0 aliphatic carbocycles. The molecule has 1 heterocycles. The van der Waals surface area contributed by atoms with E-state index in [0.29, 0.717) is 45.2 Å². The molecule has 0 aromatic rings. The van der Waals surface area contributed by atoms with Gasteiger partial charge in [-0.2, -0.15) is 0 Å². The molecule has 0 aromatic heterocycles. The number of esters is 1. The lowest BCUT2D eigenvalue weighted by Gasteiger charge is -2.17. The number of carbonyl (C=O) groups is 4. The third-order valence-corrected chi connectivity index (χ3v) is 7.16. The molecule has 0 spiro atoms. The summed E-state index contributed by atoms with van der Waals surface area (Å²) in [6, 6.07) is -0.636. The standard InChI is InChI=1S/C26H52N4O3.C5H7NO3/c1-3-5-6-7-8-9-10-11-12-13-14-15-16-17-18-21-24(31)30-23(25(32)33-4-2)20-19-22-29-26(27)28;7-4-2-1-3-6(4)5(8)9/h23H,3-22H2,1-2H3,(H,30,31)(H4,27,28,29);1-3H2,(H,8,9)/t23-;/m0./s1. The number of carbonyl (C=O) groups excluding carboxylic acids is 3. The highest BCUT2D eigenvalue weighted by atomic mass is 16.5. The van der Waals surface area contributed by atoms with E-state index in [9.17, 15) is 19.2 Å². The van der Waals surface area contributed by atoms with E-state index in [4.69, 9.17) is 21.3 Å². The van der Waals surface area contributed by atoms with Gasteiger partial charge in [0.1, 0.15) is 6.04 Å². The fraction of sp³-hybridized carbons (Fsp3) is 0.839. The van der Waals surface area contributed by atoms with Crippen LogP contribution in [-0.2, 0) is 19.1 Å². The van der Waals surface area contributed by atoms with Crippen LogP contribution in [0.5, 0.6) is 0 Å². The lowest BCUT2D eigenvalue weighted by molar-refractivity contribution is -0.147. The Morgan fingerprint density at radius 2 is 1.40 bits per heavy atom. The van der Waals surface area contributed by atoms with Crippen molar-refractivity contribution in [2.45, 2.75) is 148 Å². The zero-order chi connectivity index (χ0) is 31.4. The first-order valence-corrected chi connectivity index (χ1v) is 16.3. The van der Waals surface area contributed by atoms with Crippen LogP contribution in [0.4, 0.5) is 4.79 Å². The number of ether oxygens (including phenoxy) is 1. The van der Waals surface area contributed by atoms with Gasteiger partial charge in [0.2, 0.25) is 11.8 Å². The molecule has 11 heteroatoms. The molecule has 0 aromatic carbocycles. The fourth-order valence-corrected chi connectivity index (χ4v) is 4.77. The lowest BCUT2D eigenvalue weighted by atomic mass is 10.0. The van der Waals surface area contributed by atoms with Crippen molar-refractivity contribution in [1.29, 1.82) is 0 Å². The van der Waals surface area contributed by atoms with Gasteiger partial charge in [0.15, 0.2) is 5.96 Å². The fourth-order valence-electron chi connectivity index (χ4n) is 4.77. The van der Waals surface area contributed by atoms with Crippen LogP contribution in [0.2, 0.25) is 0 Å². The largest absolute Gasteiger partial charge is 0.465 e. The number of rotatable bonds is 23. The summed E-state index contributed by atoms with van der Waals surface area (Å²) >= 11 is 0. The SMILES string of the molecule is CCCCCCCCCCCCCCCCCC(=O)N[C@@H](CCCN=C(N)N)C(=O)OCC.O=C(O)N1CCCC1=O. The molecule has 1 rings (SSSR count). The van der Waals surface area contributed by atoms with Crippen molar-refractivity contribution in [3.8, 4) is 0 Å². The number of nitrogens with one attached hydrogen (secondary N) is 1. The van der Waals surface area contributed by atoms with E-state index in [2.05, 4.69) is 17.2 Å². The zero-order valence-corrected chi connectivity index (χ0v) is 26.4. The summed E-state index contributed by atoms with van der Waals surface area (Å²) in [5.41, 5.74) is 10.6. The van der Waals surface area contributed by atoms with Crippen molar-refractivity contribution in [2.24, 2.45) is 16.5 Å². The van der Waals surface area contributed by atoms with E-state index in [1.54, 1.807) is 6.92 Å². The van der Waals surface area contributed by atoms with Crippen LogP contribution in [-0.4, -0.2) is 65.6 Å². The number of carboxylic acid groups (broad SMARTS) is 1. The maximum Gasteiger partial charge on any atom is 0.414 e. The summed E-state index contributed by atoms with van der Waals surface area (Å²) in [5.74, 6) is -0.737. The number of imide groups is 1. The Labute approximate surface area is 253 Å². The van der Waals surface area contributed by atoms with Gasteiger partial charge in [-0.05, 0) is 32.6 Å². The first-order chi connectivity index (χ1) is 20.2. The summed E-state index contributed by atoms with van der Waals surface area (Å²) in [6.07, 6.45) is 20.8. The monoisotopic (exact) mass is 597 g/mol. The van der Waals surface area contributed by atoms with Crippen LogP contribution < -0.4 is 16.8 Å². The molecule has 0 radical (unpaired) electrons. The number of nitrogens with zero attached hydrogens (tertiary/aromatic N) is 2. The maximum absolute atomic E-state index is 12.3. The van der Waals surface area contributed by atoms with Gasteiger partial charge in [0.25, 0.3) is 0 Å². The second-order valence-electron chi connectivity index (χ2n) is 11.0. The third-order valence-electron chi connectivity index (χ3n) is 7.16. The van der Waals surface area contributed by atoms with E-state index in [1.807, 2.05) is 0 Å². The average molecular weight is 598 g/mol. The van der Waals surface area contributed by atoms with Gasteiger partial charge >= 0.3 is 12.1 Å². The van der Waals surface area contributed by atoms with Crippen molar-refractivity contribution in [3.63, 3.8) is 0 Å². The molecule has 3 amide bonds. The van der Waals surface area contributed by atoms with Gasteiger partial charge in [0, 0.05) is 25.9 Å². The Hall–Kier alpha value is -2.85. The topological polar surface area (TPSA) is 177 Å². The second kappa shape index (κ2) is 27.0. The molecule has 42 heavy (non-hydrogen) atoms. The lowest BCUT2D eigenvalue weighted by Crippen LogP contribution is -2.42. The van der Waals surface area contributed by atoms with Crippen molar-refractivity contribution in [3.05, 3.63) is 0 Å². The third kappa shape index (κ3) is 22.8. The van der Waals surface area contributed by atoms with Crippen molar-refractivity contribution < 1.29 is 29.0 Å². The maximum atomic E-state index is 12.3. The zero-order valence-electron chi connectivity index (χ0n) is 26.4. The van der Waals surface area contributed by atoms with Gasteiger partial charge in [-0.3, -0.25) is 14.6 Å². The minimum absolute atomic E-state index is 0.0277. The number of hydrogen-bond donors (Lipinski definition) is 4. The van der Waals surface area contributed by atoms with Crippen molar-refractivity contribution in [1.82, 2.24) is 10.2 Å². The van der Waals surface area contributed by atoms with Crippen LogP contribution in [0, 0.1) is 0 Å². The molecule has 1 atom stereocenters. The van der Waals surface area contributed by atoms with Gasteiger partial charge in [-0.15, -0.1) is 0 Å². The molecule has 244 valence electrons. The average Bonchev–Trinajstić information content (AvgIpc) is 3.39. The number of nitrogens with two attached hydrogens (primary N) is 2. The van der Waals surface area contributed by atoms with Crippen LogP contribution in [0.15, 0.2) is 4.99 Å². The van der Waals surface area contributed by atoms with Gasteiger partial charge in [-0.1, -0.05) is 96.8 Å². The quantitative estimate of drug-likeness (QED) is 0.0506. The number of guanidine groups is 1. The molecule has 1 fully saturated rings. The summed E-state index contributed by atoms with van der Waals surface area (Å²) in [7, 11) is 0. The summed E-state index contributed by atoms with van der Waals surface area (Å²) in [6.45, 7) is 5.10. The molecule has 11 nitrogen and oxygen atoms in total. The molecule has 1 saturated heterocycles. The van der Waals surface area contributed by atoms with Gasteiger partial charge in [-0.25, -0.2) is 14.5 Å². The summed E-state index contributed by atoms with van der Waals surface area (Å²) in [4.78, 5) is 49.8. The van der Waals surface area contributed by atoms with Crippen LogP contribution in [0.1, 0.15) is 142 Å².